The maximum atomic E-state index is 13.1. The van der Waals surface area contributed by atoms with Crippen LogP contribution < -0.4 is 5.32 Å². The first kappa shape index (κ1) is 21.6. The Morgan fingerprint density at radius 3 is 2.44 bits per heavy atom. The summed E-state index contributed by atoms with van der Waals surface area (Å²) in [6.07, 6.45) is 3.25. The zero-order chi connectivity index (χ0) is 22.7. The molecule has 0 aromatic heterocycles. The van der Waals surface area contributed by atoms with Crippen molar-refractivity contribution in [1.29, 1.82) is 0 Å². The van der Waals surface area contributed by atoms with Crippen LogP contribution in [0.2, 0.25) is 0 Å². The summed E-state index contributed by atoms with van der Waals surface area (Å²) >= 11 is 0. The van der Waals surface area contributed by atoms with E-state index in [4.69, 9.17) is 0 Å². The molecule has 3 aromatic rings. The molecular weight excluding hydrogens is 404 g/mol. The highest BCUT2D eigenvalue weighted by atomic mass is 16.4. The topological polar surface area (TPSA) is 89.9 Å². The molecule has 1 aliphatic rings. The number of anilines is 1. The van der Waals surface area contributed by atoms with Gasteiger partial charge in [-0.05, 0) is 67.4 Å². The smallest absolute Gasteiger partial charge is 0.337 e. The normalized spacial score (nSPS) is 16.5. The van der Waals surface area contributed by atoms with Gasteiger partial charge in [-0.1, -0.05) is 48.9 Å². The van der Waals surface area contributed by atoms with Gasteiger partial charge in [0, 0.05) is 6.04 Å². The lowest BCUT2D eigenvalue weighted by Gasteiger charge is -2.33. The van der Waals surface area contributed by atoms with Crippen molar-refractivity contribution in [3.63, 3.8) is 0 Å². The summed E-state index contributed by atoms with van der Waals surface area (Å²) in [5.74, 6) is -1.82. The number of piperidine rings is 1. The molecule has 1 saturated heterocycles. The number of amides is 1. The van der Waals surface area contributed by atoms with E-state index in [2.05, 4.69) is 17.3 Å². The van der Waals surface area contributed by atoms with E-state index in [1.165, 1.54) is 12.1 Å². The van der Waals surface area contributed by atoms with Crippen molar-refractivity contribution in [3.8, 4) is 16.9 Å². The van der Waals surface area contributed by atoms with Gasteiger partial charge in [-0.25, -0.2) is 4.79 Å². The molecule has 0 spiro atoms. The SMILES string of the molecule is CN1CCCCC1c1ccc(O)c(C(=O)Nc2cc(-c3ccccc3)ccc2C(=O)O)c1. The van der Waals surface area contributed by atoms with E-state index in [-0.39, 0.29) is 28.6 Å². The largest absolute Gasteiger partial charge is 0.507 e. The number of nitrogens with one attached hydrogen (secondary N) is 1. The van der Waals surface area contributed by atoms with E-state index < -0.39 is 11.9 Å². The van der Waals surface area contributed by atoms with Crippen LogP contribution in [0.25, 0.3) is 11.1 Å². The standard InChI is InChI=1S/C26H26N2O4/c1-28-14-6-5-9-23(28)19-11-13-24(29)21(15-19)25(30)27-22-16-18(10-12-20(22)26(31)32)17-7-3-2-4-8-17/h2-4,7-8,10-13,15-16,23,29H,5-6,9,14H2,1H3,(H,27,30)(H,31,32). The van der Waals surface area contributed by atoms with Gasteiger partial charge in [0.05, 0.1) is 16.8 Å². The minimum atomic E-state index is -1.14. The molecule has 164 valence electrons. The van der Waals surface area contributed by atoms with Crippen molar-refractivity contribution in [3.05, 3.63) is 83.4 Å². The predicted molar refractivity (Wildman–Crippen MR) is 124 cm³/mol. The van der Waals surface area contributed by atoms with Crippen molar-refractivity contribution >= 4 is 17.6 Å². The van der Waals surface area contributed by atoms with Gasteiger partial charge in [-0.2, -0.15) is 0 Å². The van der Waals surface area contributed by atoms with Crippen LogP contribution in [0.1, 0.15) is 51.6 Å². The highest BCUT2D eigenvalue weighted by molar-refractivity contribution is 6.09. The molecule has 0 saturated carbocycles. The first-order valence-electron chi connectivity index (χ1n) is 10.7. The fourth-order valence-electron chi connectivity index (χ4n) is 4.27. The first-order chi connectivity index (χ1) is 15.4. The number of carbonyl (C=O) groups is 2. The second-order valence-corrected chi connectivity index (χ2v) is 8.15. The maximum Gasteiger partial charge on any atom is 0.337 e. The lowest BCUT2D eigenvalue weighted by atomic mass is 9.94. The Bertz CT molecular complexity index is 1140. The van der Waals surface area contributed by atoms with Gasteiger partial charge in [0.25, 0.3) is 5.91 Å². The van der Waals surface area contributed by atoms with Crippen LogP contribution in [0.4, 0.5) is 5.69 Å². The number of hydrogen-bond donors (Lipinski definition) is 3. The molecule has 1 amide bonds. The number of carbonyl (C=O) groups excluding carboxylic acids is 1. The molecule has 1 fully saturated rings. The maximum absolute atomic E-state index is 13.1. The van der Waals surface area contributed by atoms with Gasteiger partial charge >= 0.3 is 5.97 Å². The van der Waals surface area contributed by atoms with Crippen molar-refractivity contribution < 1.29 is 19.8 Å². The summed E-state index contributed by atoms with van der Waals surface area (Å²) in [7, 11) is 2.06. The molecule has 3 N–H and O–H groups in total. The van der Waals surface area contributed by atoms with Crippen LogP contribution in [0.3, 0.4) is 0 Å². The molecule has 0 bridgehead atoms. The number of aromatic hydroxyl groups is 1. The number of benzene rings is 3. The molecule has 1 heterocycles. The molecule has 1 aliphatic heterocycles. The van der Waals surface area contributed by atoms with Crippen molar-refractivity contribution in [2.24, 2.45) is 0 Å². The number of carboxylic acids is 1. The highest BCUT2D eigenvalue weighted by Crippen LogP contribution is 2.33. The zero-order valence-corrected chi connectivity index (χ0v) is 17.9. The van der Waals surface area contributed by atoms with E-state index in [1.54, 1.807) is 18.2 Å². The number of aromatic carboxylic acids is 1. The van der Waals surface area contributed by atoms with Crippen LogP contribution >= 0.6 is 0 Å². The van der Waals surface area contributed by atoms with Crippen LogP contribution in [0, 0.1) is 0 Å². The Labute approximate surface area is 187 Å². The van der Waals surface area contributed by atoms with E-state index in [0.29, 0.717) is 0 Å². The Morgan fingerprint density at radius 1 is 0.938 bits per heavy atom. The molecule has 4 rings (SSSR count). The number of phenolic OH excluding ortho intramolecular Hbond substituents is 1. The molecule has 0 aliphatic carbocycles. The Morgan fingerprint density at radius 2 is 1.72 bits per heavy atom. The first-order valence-corrected chi connectivity index (χ1v) is 10.7. The van der Waals surface area contributed by atoms with Gasteiger partial charge in [-0.15, -0.1) is 0 Å². The van der Waals surface area contributed by atoms with E-state index in [9.17, 15) is 19.8 Å². The molecule has 0 radical (unpaired) electrons. The molecule has 3 aromatic carbocycles. The van der Waals surface area contributed by atoms with Crippen molar-refractivity contribution in [2.45, 2.75) is 25.3 Å². The number of rotatable bonds is 5. The fraction of sp³-hybridized carbons (Fsp3) is 0.231. The lowest BCUT2D eigenvalue weighted by Crippen LogP contribution is -2.29. The predicted octanol–water partition coefficient (Wildman–Crippen LogP) is 5.17. The number of carboxylic acid groups (broad SMARTS) is 1. The third-order valence-electron chi connectivity index (χ3n) is 6.03. The Balaban J connectivity index is 1.66. The van der Waals surface area contributed by atoms with Gasteiger partial charge in [0.1, 0.15) is 5.75 Å². The molecule has 1 unspecified atom stereocenters. The number of likely N-dealkylation sites (tertiary alicyclic amines) is 1. The lowest BCUT2D eigenvalue weighted by molar-refractivity contribution is 0.0698. The van der Waals surface area contributed by atoms with Crippen molar-refractivity contribution in [1.82, 2.24) is 4.90 Å². The fourth-order valence-corrected chi connectivity index (χ4v) is 4.27. The van der Waals surface area contributed by atoms with Crippen molar-refractivity contribution in [2.75, 3.05) is 18.9 Å². The summed E-state index contributed by atoms with van der Waals surface area (Å²) in [6, 6.07) is 19.6. The zero-order valence-electron chi connectivity index (χ0n) is 17.9. The van der Waals surface area contributed by atoms with E-state index in [0.717, 1.165) is 42.5 Å². The number of nitrogens with zero attached hydrogens (tertiary/aromatic N) is 1. The molecule has 6 heteroatoms. The average Bonchev–Trinajstić information content (AvgIpc) is 2.80. The molecular formula is C26H26N2O4. The monoisotopic (exact) mass is 430 g/mol. The Kier molecular flexibility index (Phi) is 6.23. The van der Waals surface area contributed by atoms with Gasteiger partial charge in [0.15, 0.2) is 0 Å². The summed E-state index contributed by atoms with van der Waals surface area (Å²) in [6.45, 7) is 0.987. The summed E-state index contributed by atoms with van der Waals surface area (Å²) in [5, 5.41) is 22.7. The molecule has 6 nitrogen and oxygen atoms in total. The van der Waals surface area contributed by atoms with Crippen LogP contribution in [0.15, 0.2) is 66.7 Å². The van der Waals surface area contributed by atoms with Gasteiger partial charge in [0.2, 0.25) is 0 Å². The summed E-state index contributed by atoms with van der Waals surface area (Å²) in [5.41, 5.74) is 2.96. The summed E-state index contributed by atoms with van der Waals surface area (Å²) in [4.78, 5) is 27.1. The van der Waals surface area contributed by atoms with E-state index >= 15 is 0 Å². The van der Waals surface area contributed by atoms with E-state index in [1.807, 2.05) is 36.4 Å². The number of phenols is 1. The Hall–Kier alpha value is -3.64. The summed E-state index contributed by atoms with van der Waals surface area (Å²) < 4.78 is 0. The van der Waals surface area contributed by atoms with Crippen LogP contribution in [-0.2, 0) is 0 Å². The number of hydrogen-bond acceptors (Lipinski definition) is 4. The second kappa shape index (κ2) is 9.24. The van der Waals surface area contributed by atoms with Crippen LogP contribution in [-0.4, -0.2) is 40.6 Å². The van der Waals surface area contributed by atoms with Gasteiger partial charge < -0.3 is 15.5 Å². The van der Waals surface area contributed by atoms with Gasteiger partial charge in [-0.3, -0.25) is 9.69 Å². The van der Waals surface area contributed by atoms with Crippen LogP contribution in [0.5, 0.6) is 5.75 Å². The second-order valence-electron chi connectivity index (χ2n) is 8.15. The third-order valence-corrected chi connectivity index (χ3v) is 6.03. The average molecular weight is 431 g/mol. The third kappa shape index (κ3) is 4.50. The minimum Gasteiger partial charge on any atom is -0.507 e. The highest BCUT2D eigenvalue weighted by Gasteiger charge is 2.23. The molecule has 1 atom stereocenters. The minimum absolute atomic E-state index is 0.0133. The molecule has 32 heavy (non-hydrogen) atoms. The quantitative estimate of drug-likeness (QED) is 0.520.